The molecule has 0 saturated heterocycles. The first-order chi connectivity index (χ1) is 13.9. The van der Waals surface area contributed by atoms with Gasteiger partial charge in [-0.05, 0) is 62.6 Å². The van der Waals surface area contributed by atoms with E-state index in [9.17, 15) is 9.59 Å². The second-order valence-electron chi connectivity index (χ2n) is 7.32. The first-order valence-electron chi connectivity index (χ1n) is 10.0. The van der Waals surface area contributed by atoms with Crippen LogP contribution < -0.4 is 19.7 Å². The maximum atomic E-state index is 12.5. The van der Waals surface area contributed by atoms with Crippen molar-refractivity contribution < 1.29 is 19.1 Å². The van der Waals surface area contributed by atoms with Crippen LogP contribution in [0.25, 0.3) is 0 Å². The van der Waals surface area contributed by atoms with Crippen LogP contribution in [0.3, 0.4) is 0 Å². The number of aryl methyl sites for hydroxylation is 1. The normalized spacial score (nSPS) is 15.5. The van der Waals surface area contributed by atoms with Gasteiger partial charge < -0.3 is 19.7 Å². The zero-order chi connectivity index (χ0) is 21.0. The highest BCUT2D eigenvalue weighted by molar-refractivity contribution is 6.01. The maximum Gasteiger partial charge on any atom is 0.267 e. The highest BCUT2D eigenvalue weighted by atomic mass is 16.5. The molecule has 154 valence electrons. The number of benzene rings is 2. The molecule has 1 aliphatic heterocycles. The summed E-state index contributed by atoms with van der Waals surface area (Å²) in [6, 6.07) is 11.1. The van der Waals surface area contributed by atoms with E-state index >= 15 is 0 Å². The Labute approximate surface area is 171 Å². The van der Waals surface area contributed by atoms with Crippen molar-refractivity contribution in [2.45, 2.75) is 46.6 Å². The van der Waals surface area contributed by atoms with Crippen LogP contribution in [-0.2, 0) is 9.59 Å². The van der Waals surface area contributed by atoms with Gasteiger partial charge in [-0.25, -0.2) is 0 Å². The quantitative estimate of drug-likeness (QED) is 0.760. The fourth-order valence-electron chi connectivity index (χ4n) is 3.25. The molecule has 0 radical (unpaired) electrons. The van der Waals surface area contributed by atoms with Gasteiger partial charge in [-0.3, -0.25) is 9.59 Å². The fourth-order valence-corrected chi connectivity index (χ4v) is 3.25. The molecule has 6 nitrogen and oxygen atoms in total. The van der Waals surface area contributed by atoms with Crippen LogP contribution in [0.4, 0.5) is 11.4 Å². The first-order valence-corrected chi connectivity index (χ1v) is 10.0. The number of nitrogens with zero attached hydrogens (tertiary/aromatic N) is 1. The van der Waals surface area contributed by atoms with Gasteiger partial charge in [0.25, 0.3) is 11.8 Å². The number of rotatable bonds is 7. The van der Waals surface area contributed by atoms with Gasteiger partial charge in [0.05, 0.1) is 5.69 Å². The number of ether oxygens (including phenoxy) is 2. The largest absolute Gasteiger partial charge is 0.483 e. The van der Waals surface area contributed by atoms with Gasteiger partial charge in [0.1, 0.15) is 11.5 Å². The van der Waals surface area contributed by atoms with E-state index in [2.05, 4.69) is 12.2 Å². The number of anilines is 2. The molecular weight excluding hydrogens is 368 g/mol. The molecule has 29 heavy (non-hydrogen) atoms. The fraction of sp³-hybridized carbons (Fsp3) is 0.391. The number of hydrogen-bond acceptors (Lipinski definition) is 4. The lowest BCUT2D eigenvalue weighted by molar-refractivity contribution is -0.125. The lowest BCUT2D eigenvalue weighted by Crippen LogP contribution is -2.44. The van der Waals surface area contributed by atoms with Crippen molar-refractivity contribution in [2.24, 2.45) is 0 Å². The Morgan fingerprint density at radius 1 is 1.24 bits per heavy atom. The smallest absolute Gasteiger partial charge is 0.267 e. The van der Waals surface area contributed by atoms with Crippen LogP contribution in [0.5, 0.6) is 11.5 Å². The number of amides is 2. The van der Waals surface area contributed by atoms with Crippen LogP contribution >= 0.6 is 0 Å². The van der Waals surface area contributed by atoms with Crippen molar-refractivity contribution in [3.63, 3.8) is 0 Å². The molecule has 1 N–H and O–H groups in total. The number of carbonyl (C=O) groups is 2. The van der Waals surface area contributed by atoms with Crippen molar-refractivity contribution in [1.29, 1.82) is 0 Å². The molecular formula is C23H28N2O4. The molecule has 1 unspecified atom stereocenters. The predicted octanol–water partition coefficient (Wildman–Crippen LogP) is 4.23. The third-order valence-corrected chi connectivity index (χ3v) is 5.10. The lowest BCUT2D eigenvalue weighted by Gasteiger charge is -2.33. The molecule has 2 amide bonds. The third kappa shape index (κ3) is 4.70. The molecule has 0 saturated carbocycles. The summed E-state index contributed by atoms with van der Waals surface area (Å²) in [6.07, 6.45) is 1.38. The molecule has 0 fully saturated rings. The highest BCUT2D eigenvalue weighted by Gasteiger charge is 2.31. The molecule has 0 bridgehead atoms. The molecule has 2 aromatic rings. The van der Waals surface area contributed by atoms with Crippen molar-refractivity contribution in [2.75, 3.05) is 23.4 Å². The van der Waals surface area contributed by atoms with Crippen LogP contribution in [0, 0.1) is 13.8 Å². The number of carbonyl (C=O) groups excluding carboxylic acids is 2. The monoisotopic (exact) mass is 396 g/mol. The Bertz CT molecular complexity index is 910. The molecule has 1 atom stereocenters. The van der Waals surface area contributed by atoms with E-state index in [4.69, 9.17) is 9.47 Å². The molecule has 0 aliphatic carbocycles. The van der Waals surface area contributed by atoms with Gasteiger partial charge in [-0.15, -0.1) is 0 Å². The average molecular weight is 396 g/mol. The van der Waals surface area contributed by atoms with Gasteiger partial charge in [0.15, 0.2) is 12.7 Å². The average Bonchev–Trinajstić information content (AvgIpc) is 2.70. The number of fused-ring (bicyclic) bond motifs is 1. The Kier molecular flexibility index (Phi) is 6.42. The van der Waals surface area contributed by atoms with E-state index < -0.39 is 6.10 Å². The summed E-state index contributed by atoms with van der Waals surface area (Å²) < 4.78 is 11.4. The molecule has 1 heterocycles. The summed E-state index contributed by atoms with van der Waals surface area (Å²) in [5.74, 6) is 1.03. The van der Waals surface area contributed by atoms with Crippen molar-refractivity contribution in [3.8, 4) is 11.5 Å². The maximum absolute atomic E-state index is 12.5. The summed E-state index contributed by atoms with van der Waals surface area (Å²) in [5, 5.41) is 2.84. The minimum absolute atomic E-state index is 0.0623. The van der Waals surface area contributed by atoms with Gasteiger partial charge in [-0.1, -0.05) is 25.5 Å². The Morgan fingerprint density at radius 2 is 2.03 bits per heavy atom. The topological polar surface area (TPSA) is 67.9 Å². The molecule has 1 aliphatic rings. The van der Waals surface area contributed by atoms with Gasteiger partial charge >= 0.3 is 0 Å². The minimum atomic E-state index is -0.509. The molecule has 3 rings (SSSR count). The molecule has 6 heteroatoms. The first kappa shape index (κ1) is 20.7. The van der Waals surface area contributed by atoms with E-state index in [-0.39, 0.29) is 18.4 Å². The van der Waals surface area contributed by atoms with Crippen LogP contribution in [-0.4, -0.2) is 31.1 Å². The van der Waals surface area contributed by atoms with Crippen molar-refractivity contribution in [1.82, 2.24) is 0 Å². The van der Waals surface area contributed by atoms with Gasteiger partial charge in [0.2, 0.25) is 0 Å². The summed E-state index contributed by atoms with van der Waals surface area (Å²) in [7, 11) is 0. The van der Waals surface area contributed by atoms with E-state index in [1.54, 1.807) is 30.0 Å². The van der Waals surface area contributed by atoms with Gasteiger partial charge in [-0.2, -0.15) is 0 Å². The highest BCUT2D eigenvalue weighted by Crippen LogP contribution is 2.36. The predicted molar refractivity (Wildman–Crippen MR) is 114 cm³/mol. The van der Waals surface area contributed by atoms with Crippen molar-refractivity contribution >= 4 is 23.2 Å². The van der Waals surface area contributed by atoms with E-state index in [0.29, 0.717) is 29.4 Å². The number of hydrogen-bond donors (Lipinski definition) is 1. The molecule has 2 aromatic carbocycles. The molecule has 0 spiro atoms. The standard InChI is InChI=1S/C23H28N2O4/c1-5-6-12-25-19-13-18(10-11-21(19)29-17(4)23(25)27)24-22(26)14-28-20-9-7-8-15(2)16(20)3/h7-11,13,17H,5-6,12,14H2,1-4H3,(H,24,26). The summed E-state index contributed by atoms with van der Waals surface area (Å²) in [6.45, 7) is 8.35. The van der Waals surface area contributed by atoms with E-state index in [0.717, 1.165) is 24.0 Å². The molecule has 0 aromatic heterocycles. The second-order valence-corrected chi connectivity index (χ2v) is 7.32. The van der Waals surface area contributed by atoms with Crippen LogP contribution in [0.1, 0.15) is 37.8 Å². The van der Waals surface area contributed by atoms with Gasteiger partial charge in [0, 0.05) is 12.2 Å². The SMILES string of the molecule is CCCCN1C(=O)C(C)Oc2ccc(NC(=O)COc3cccc(C)c3C)cc21. The summed E-state index contributed by atoms with van der Waals surface area (Å²) in [4.78, 5) is 26.7. The third-order valence-electron chi connectivity index (χ3n) is 5.10. The summed E-state index contributed by atoms with van der Waals surface area (Å²) in [5.41, 5.74) is 3.43. The Morgan fingerprint density at radius 3 is 2.79 bits per heavy atom. The van der Waals surface area contributed by atoms with Crippen LogP contribution in [0.15, 0.2) is 36.4 Å². The zero-order valence-electron chi connectivity index (χ0n) is 17.5. The second kappa shape index (κ2) is 8.99. The van der Waals surface area contributed by atoms with Crippen LogP contribution in [0.2, 0.25) is 0 Å². The number of nitrogens with one attached hydrogen (secondary N) is 1. The Hall–Kier alpha value is -3.02. The lowest BCUT2D eigenvalue weighted by atomic mass is 10.1. The van der Waals surface area contributed by atoms with Crippen molar-refractivity contribution in [3.05, 3.63) is 47.5 Å². The minimum Gasteiger partial charge on any atom is -0.483 e. The number of unbranched alkanes of at least 4 members (excludes halogenated alkanes) is 1. The zero-order valence-corrected chi connectivity index (χ0v) is 17.5. The summed E-state index contributed by atoms with van der Waals surface area (Å²) >= 11 is 0. The van der Waals surface area contributed by atoms with E-state index in [1.165, 1.54) is 0 Å². The Balaban J connectivity index is 1.70. The van der Waals surface area contributed by atoms with E-state index in [1.807, 2.05) is 32.0 Å².